The predicted molar refractivity (Wildman–Crippen MR) is 116 cm³/mol. The number of hydrogen-bond donors (Lipinski definition) is 1. The van der Waals surface area contributed by atoms with Crippen LogP contribution in [0.15, 0.2) is 48.5 Å². The third-order valence-corrected chi connectivity index (χ3v) is 4.83. The van der Waals surface area contributed by atoms with Gasteiger partial charge in [0.1, 0.15) is 0 Å². The van der Waals surface area contributed by atoms with Gasteiger partial charge in [-0.1, -0.05) is 70.2 Å². The third kappa shape index (κ3) is 4.08. The number of carbonyl (C=O) groups excluding carboxylic acids is 1. The molecule has 0 aliphatic heterocycles. The van der Waals surface area contributed by atoms with Crippen LogP contribution in [0, 0.1) is 0 Å². The Labute approximate surface area is 163 Å². The van der Waals surface area contributed by atoms with E-state index in [9.17, 15) is 4.79 Å². The molecule has 1 N–H and O–H groups in total. The number of carbonyl (C=O) groups is 1. The van der Waals surface area contributed by atoms with Crippen molar-refractivity contribution in [2.45, 2.75) is 46.5 Å². The average Bonchev–Trinajstić information content (AvgIpc) is 3.11. The van der Waals surface area contributed by atoms with E-state index >= 15 is 0 Å². The lowest BCUT2D eigenvalue weighted by atomic mass is 9.79. The van der Waals surface area contributed by atoms with E-state index < -0.39 is 0 Å². The Morgan fingerprint density at radius 3 is 2.33 bits per heavy atom. The molecular formula is C24H32N2O. The Morgan fingerprint density at radius 1 is 1.00 bits per heavy atom. The summed E-state index contributed by atoms with van der Waals surface area (Å²) in [5, 5.41) is 1.24. The minimum Gasteiger partial charge on any atom is -0.354 e. The van der Waals surface area contributed by atoms with Crippen LogP contribution in [0.1, 0.15) is 51.2 Å². The van der Waals surface area contributed by atoms with Gasteiger partial charge in [-0.05, 0) is 29.5 Å². The van der Waals surface area contributed by atoms with Gasteiger partial charge in [-0.3, -0.25) is 4.79 Å². The number of fused-ring (bicyclic) bond motifs is 5. The number of H-pyrrole nitrogens is 1. The number of aromatic nitrogens is 1. The van der Waals surface area contributed by atoms with Crippen molar-refractivity contribution in [3.63, 3.8) is 0 Å². The van der Waals surface area contributed by atoms with Crippen LogP contribution >= 0.6 is 0 Å². The average molecular weight is 365 g/mol. The molecule has 0 spiro atoms. The van der Waals surface area contributed by atoms with E-state index in [0.717, 1.165) is 11.9 Å². The number of rotatable bonds is 2. The molecule has 1 heterocycles. The number of benzene rings is 2. The summed E-state index contributed by atoms with van der Waals surface area (Å²) in [6.45, 7) is 8.00. The van der Waals surface area contributed by atoms with Crippen molar-refractivity contribution in [3.8, 4) is 11.3 Å². The van der Waals surface area contributed by atoms with E-state index in [2.05, 4.69) is 53.5 Å². The van der Waals surface area contributed by atoms with Gasteiger partial charge in [-0.25, -0.2) is 0 Å². The molecule has 3 nitrogen and oxygen atoms in total. The van der Waals surface area contributed by atoms with E-state index in [-0.39, 0.29) is 11.8 Å². The SMILES string of the molecule is CC.CC.CN(C)C(=O)CC1Cc2ccccc2-c2[nH]c3ccccc3c21. The molecule has 0 bridgehead atoms. The fourth-order valence-corrected chi connectivity index (χ4v) is 3.68. The first-order chi connectivity index (χ1) is 13.1. The van der Waals surface area contributed by atoms with Gasteiger partial charge in [0.2, 0.25) is 5.91 Å². The molecule has 3 aromatic rings. The molecule has 0 radical (unpaired) electrons. The number of nitrogens with one attached hydrogen (secondary N) is 1. The van der Waals surface area contributed by atoms with Crippen molar-refractivity contribution in [1.29, 1.82) is 0 Å². The number of hydrogen-bond acceptors (Lipinski definition) is 1. The lowest BCUT2D eigenvalue weighted by Crippen LogP contribution is -2.25. The van der Waals surface area contributed by atoms with Gasteiger partial charge in [-0.15, -0.1) is 0 Å². The minimum atomic E-state index is 0.186. The summed E-state index contributed by atoms with van der Waals surface area (Å²) in [5.41, 5.74) is 6.23. The van der Waals surface area contributed by atoms with Gasteiger partial charge in [0.15, 0.2) is 0 Å². The zero-order valence-corrected chi connectivity index (χ0v) is 17.5. The minimum absolute atomic E-state index is 0.186. The molecule has 0 saturated carbocycles. The summed E-state index contributed by atoms with van der Waals surface area (Å²) < 4.78 is 0. The van der Waals surface area contributed by atoms with Crippen molar-refractivity contribution in [3.05, 3.63) is 59.7 Å². The summed E-state index contributed by atoms with van der Waals surface area (Å²) >= 11 is 0. The van der Waals surface area contributed by atoms with Gasteiger partial charge in [-0.2, -0.15) is 0 Å². The van der Waals surface area contributed by atoms with Gasteiger partial charge >= 0.3 is 0 Å². The Kier molecular flexibility index (Phi) is 7.23. The molecule has 1 aromatic heterocycles. The zero-order chi connectivity index (χ0) is 20.0. The maximum absolute atomic E-state index is 12.3. The van der Waals surface area contributed by atoms with Crippen LogP contribution in [0.25, 0.3) is 22.2 Å². The lowest BCUT2D eigenvalue weighted by molar-refractivity contribution is -0.129. The fourth-order valence-electron chi connectivity index (χ4n) is 3.68. The molecule has 0 saturated heterocycles. The molecule has 2 aromatic carbocycles. The standard InChI is InChI=1S/C20H20N2O.2C2H6/c1-22(2)18(23)12-14-11-13-7-3-4-8-15(13)20-19(14)16-9-5-6-10-17(16)21-20;2*1-2/h3-10,14,21H,11-12H2,1-2H3;2*1-2H3. The van der Waals surface area contributed by atoms with Crippen LogP contribution in [-0.2, 0) is 11.2 Å². The molecule has 1 atom stereocenters. The summed E-state index contributed by atoms with van der Waals surface area (Å²) in [4.78, 5) is 17.6. The van der Waals surface area contributed by atoms with Gasteiger partial charge in [0.25, 0.3) is 0 Å². The summed E-state index contributed by atoms with van der Waals surface area (Å²) in [6, 6.07) is 16.9. The Hall–Kier alpha value is -2.55. The maximum atomic E-state index is 12.3. The summed E-state index contributed by atoms with van der Waals surface area (Å²) in [5.74, 6) is 0.413. The van der Waals surface area contributed by atoms with Gasteiger partial charge in [0.05, 0.1) is 5.69 Å². The van der Waals surface area contributed by atoms with Crippen molar-refractivity contribution >= 4 is 16.8 Å². The van der Waals surface area contributed by atoms with Crippen molar-refractivity contribution in [2.24, 2.45) is 0 Å². The van der Waals surface area contributed by atoms with Crippen molar-refractivity contribution in [1.82, 2.24) is 9.88 Å². The molecule has 3 heteroatoms. The van der Waals surface area contributed by atoms with Crippen LogP contribution < -0.4 is 0 Å². The molecule has 1 unspecified atom stereocenters. The highest BCUT2D eigenvalue weighted by atomic mass is 16.2. The third-order valence-electron chi connectivity index (χ3n) is 4.83. The summed E-state index contributed by atoms with van der Waals surface area (Å²) in [7, 11) is 3.66. The second kappa shape index (κ2) is 9.40. The number of nitrogens with zero attached hydrogens (tertiary/aromatic N) is 1. The number of aromatic amines is 1. The molecule has 4 rings (SSSR count). The second-order valence-electron chi connectivity index (χ2n) is 6.51. The first kappa shape index (κ1) is 20.8. The monoisotopic (exact) mass is 364 g/mol. The highest BCUT2D eigenvalue weighted by Crippen LogP contribution is 2.44. The van der Waals surface area contributed by atoms with Crippen LogP contribution in [0.3, 0.4) is 0 Å². The zero-order valence-electron chi connectivity index (χ0n) is 17.5. The van der Waals surface area contributed by atoms with E-state index in [1.807, 2.05) is 41.8 Å². The highest BCUT2D eigenvalue weighted by molar-refractivity contribution is 5.94. The van der Waals surface area contributed by atoms with Gasteiger partial charge < -0.3 is 9.88 Å². The van der Waals surface area contributed by atoms with E-state index in [1.54, 1.807) is 4.90 Å². The Morgan fingerprint density at radius 2 is 1.63 bits per heavy atom. The normalized spacial score (nSPS) is 14.1. The first-order valence-corrected chi connectivity index (χ1v) is 10.0. The molecule has 0 fully saturated rings. The van der Waals surface area contributed by atoms with E-state index in [1.165, 1.54) is 27.8 Å². The van der Waals surface area contributed by atoms with E-state index in [0.29, 0.717) is 6.42 Å². The fraction of sp³-hybridized carbons (Fsp3) is 0.375. The van der Waals surface area contributed by atoms with Crippen LogP contribution in [0.2, 0.25) is 0 Å². The van der Waals surface area contributed by atoms with E-state index in [4.69, 9.17) is 0 Å². The van der Waals surface area contributed by atoms with Crippen molar-refractivity contribution in [2.75, 3.05) is 14.1 Å². The highest BCUT2D eigenvalue weighted by Gasteiger charge is 2.30. The Balaban J connectivity index is 0.000000614. The number of amides is 1. The van der Waals surface area contributed by atoms with Gasteiger partial charge in [0, 0.05) is 37.0 Å². The molecule has 27 heavy (non-hydrogen) atoms. The van der Waals surface area contributed by atoms with Crippen LogP contribution in [0.4, 0.5) is 0 Å². The molecule has 144 valence electrons. The molecule has 1 aliphatic rings. The van der Waals surface area contributed by atoms with Crippen LogP contribution in [-0.4, -0.2) is 29.9 Å². The Bertz CT molecular complexity index is 892. The lowest BCUT2D eigenvalue weighted by Gasteiger charge is -2.26. The predicted octanol–water partition coefficient (Wildman–Crippen LogP) is 6.01. The largest absolute Gasteiger partial charge is 0.354 e. The van der Waals surface area contributed by atoms with Crippen molar-refractivity contribution < 1.29 is 4.79 Å². The quantitative estimate of drug-likeness (QED) is 0.594. The molecular weight excluding hydrogens is 332 g/mol. The van der Waals surface area contributed by atoms with Crippen LogP contribution in [0.5, 0.6) is 0 Å². The molecule has 1 amide bonds. The number of para-hydroxylation sites is 1. The first-order valence-electron chi connectivity index (χ1n) is 10.0. The smallest absolute Gasteiger partial charge is 0.222 e. The second-order valence-corrected chi connectivity index (χ2v) is 6.51. The molecule has 1 aliphatic carbocycles. The topological polar surface area (TPSA) is 36.1 Å². The maximum Gasteiger partial charge on any atom is 0.222 e. The summed E-state index contributed by atoms with van der Waals surface area (Å²) in [6.07, 6.45) is 1.47.